The van der Waals surface area contributed by atoms with Gasteiger partial charge in [-0.3, -0.25) is 4.79 Å². The third-order valence-electron chi connectivity index (χ3n) is 3.40. The van der Waals surface area contributed by atoms with Crippen molar-refractivity contribution in [3.63, 3.8) is 0 Å². The number of hydrogen-bond donors (Lipinski definition) is 2. The Morgan fingerprint density at radius 3 is 2.55 bits per heavy atom. The Morgan fingerprint density at radius 2 is 1.73 bits per heavy atom. The minimum absolute atomic E-state index is 0.0332. The van der Waals surface area contributed by atoms with Crippen LogP contribution < -0.4 is 0 Å². The second-order valence-electron chi connectivity index (χ2n) is 4.92. The summed E-state index contributed by atoms with van der Waals surface area (Å²) in [6.07, 6.45) is 6.28. The van der Waals surface area contributed by atoms with Crippen LogP contribution >= 0.6 is 0 Å². The average Bonchev–Trinajstić information content (AvgIpc) is 2.97. The van der Waals surface area contributed by atoms with Crippen LogP contribution in [0.5, 0.6) is 0 Å². The van der Waals surface area contributed by atoms with Crippen molar-refractivity contribution in [3.05, 3.63) is 84.1 Å². The van der Waals surface area contributed by atoms with Crippen LogP contribution in [0.3, 0.4) is 0 Å². The molecule has 0 aliphatic carbocycles. The number of H-pyrrole nitrogens is 1. The van der Waals surface area contributed by atoms with Gasteiger partial charge in [0.15, 0.2) is 5.78 Å². The number of nitrogens with one attached hydrogen (secondary N) is 1. The van der Waals surface area contributed by atoms with Crippen LogP contribution in [0.15, 0.2) is 72.9 Å². The Morgan fingerprint density at radius 1 is 1.00 bits per heavy atom. The standard InChI is InChI=1S/C19H15NO2/c21-16(12-19(22)14-6-2-1-3-7-14)11-10-15-13-20-18-9-5-4-8-17(15)18/h1-13,20,22H. The van der Waals surface area contributed by atoms with Crippen molar-refractivity contribution in [2.75, 3.05) is 0 Å². The molecule has 22 heavy (non-hydrogen) atoms. The van der Waals surface area contributed by atoms with Gasteiger partial charge in [0.1, 0.15) is 5.76 Å². The lowest BCUT2D eigenvalue weighted by atomic mass is 10.1. The zero-order chi connectivity index (χ0) is 15.4. The maximum atomic E-state index is 11.9. The fourth-order valence-electron chi connectivity index (χ4n) is 2.28. The van der Waals surface area contributed by atoms with Crippen molar-refractivity contribution >= 4 is 28.5 Å². The zero-order valence-electron chi connectivity index (χ0n) is 11.9. The number of aliphatic hydroxyl groups excluding tert-OH is 1. The Hall–Kier alpha value is -3.07. The van der Waals surface area contributed by atoms with Gasteiger partial charge in [0, 0.05) is 28.7 Å². The predicted octanol–water partition coefficient (Wildman–Crippen LogP) is 4.35. The first-order chi connectivity index (χ1) is 10.7. The molecule has 2 aromatic carbocycles. The van der Waals surface area contributed by atoms with Gasteiger partial charge in [-0.15, -0.1) is 0 Å². The number of fused-ring (bicyclic) bond motifs is 1. The predicted molar refractivity (Wildman–Crippen MR) is 89.4 cm³/mol. The molecular formula is C19H15NO2. The summed E-state index contributed by atoms with van der Waals surface area (Å²) in [5.41, 5.74) is 2.59. The number of aromatic nitrogens is 1. The Labute approximate surface area is 128 Å². The number of carbonyl (C=O) groups excluding carboxylic acids is 1. The molecule has 2 N–H and O–H groups in total. The SMILES string of the molecule is O=C(C=Cc1c[nH]c2ccccc12)C=C(O)c1ccccc1. The molecule has 3 rings (SSSR count). The van der Waals surface area contributed by atoms with Gasteiger partial charge < -0.3 is 10.1 Å². The summed E-state index contributed by atoms with van der Waals surface area (Å²) in [4.78, 5) is 15.1. The molecular weight excluding hydrogens is 274 g/mol. The quantitative estimate of drug-likeness (QED) is 0.554. The first-order valence-corrected chi connectivity index (χ1v) is 6.98. The van der Waals surface area contributed by atoms with Gasteiger partial charge in [-0.05, 0) is 23.8 Å². The van der Waals surface area contributed by atoms with Gasteiger partial charge in [0.25, 0.3) is 0 Å². The molecule has 0 saturated carbocycles. The van der Waals surface area contributed by atoms with E-state index in [4.69, 9.17) is 0 Å². The van der Waals surface area contributed by atoms with Gasteiger partial charge in [0.2, 0.25) is 0 Å². The van der Waals surface area contributed by atoms with E-state index < -0.39 is 0 Å². The highest BCUT2D eigenvalue weighted by molar-refractivity contribution is 6.06. The molecule has 0 aliphatic rings. The smallest absolute Gasteiger partial charge is 0.182 e. The lowest BCUT2D eigenvalue weighted by Gasteiger charge is -1.97. The summed E-state index contributed by atoms with van der Waals surface area (Å²) < 4.78 is 0. The van der Waals surface area contributed by atoms with Crippen LogP contribution in [0.1, 0.15) is 11.1 Å². The average molecular weight is 289 g/mol. The number of carbonyl (C=O) groups is 1. The molecule has 0 fully saturated rings. The first kappa shape index (κ1) is 13.9. The number of para-hydroxylation sites is 1. The van der Waals surface area contributed by atoms with E-state index in [1.54, 1.807) is 18.2 Å². The fraction of sp³-hybridized carbons (Fsp3) is 0. The summed E-state index contributed by atoms with van der Waals surface area (Å²) in [7, 11) is 0. The van der Waals surface area contributed by atoms with Crippen LogP contribution in [-0.2, 0) is 4.79 Å². The van der Waals surface area contributed by atoms with Crippen LogP contribution in [0.2, 0.25) is 0 Å². The Kier molecular flexibility index (Phi) is 3.88. The van der Waals surface area contributed by atoms with Crippen molar-refractivity contribution in [3.8, 4) is 0 Å². The molecule has 0 radical (unpaired) electrons. The Balaban J connectivity index is 1.79. The third kappa shape index (κ3) is 2.99. The molecule has 1 heterocycles. The van der Waals surface area contributed by atoms with E-state index in [1.165, 1.54) is 12.2 Å². The van der Waals surface area contributed by atoms with Crippen molar-refractivity contribution in [2.24, 2.45) is 0 Å². The number of aliphatic hydroxyl groups is 1. The van der Waals surface area contributed by atoms with E-state index in [9.17, 15) is 9.90 Å². The summed E-state index contributed by atoms with van der Waals surface area (Å²) in [5, 5.41) is 11.0. The maximum Gasteiger partial charge on any atom is 0.182 e. The summed E-state index contributed by atoms with van der Waals surface area (Å²) in [6.45, 7) is 0. The van der Waals surface area contributed by atoms with E-state index in [-0.39, 0.29) is 11.5 Å². The largest absolute Gasteiger partial charge is 0.507 e. The highest BCUT2D eigenvalue weighted by Crippen LogP contribution is 2.19. The van der Waals surface area contributed by atoms with Crippen LogP contribution in [0, 0.1) is 0 Å². The number of rotatable bonds is 4. The van der Waals surface area contributed by atoms with Gasteiger partial charge in [-0.1, -0.05) is 48.5 Å². The van der Waals surface area contributed by atoms with Crippen molar-refractivity contribution < 1.29 is 9.90 Å². The lowest BCUT2D eigenvalue weighted by molar-refractivity contribution is -0.110. The first-order valence-electron chi connectivity index (χ1n) is 6.98. The molecule has 3 heteroatoms. The van der Waals surface area contributed by atoms with Crippen LogP contribution in [0.25, 0.3) is 22.7 Å². The third-order valence-corrected chi connectivity index (χ3v) is 3.40. The fourth-order valence-corrected chi connectivity index (χ4v) is 2.28. The molecule has 0 bridgehead atoms. The van der Waals surface area contributed by atoms with Gasteiger partial charge >= 0.3 is 0 Å². The molecule has 0 unspecified atom stereocenters. The molecule has 1 aromatic heterocycles. The van der Waals surface area contributed by atoms with Gasteiger partial charge in [-0.2, -0.15) is 0 Å². The van der Waals surface area contributed by atoms with Crippen molar-refractivity contribution in [1.82, 2.24) is 4.98 Å². The number of ketones is 1. The van der Waals surface area contributed by atoms with Crippen LogP contribution in [0.4, 0.5) is 0 Å². The normalized spacial score (nSPS) is 12.1. The monoisotopic (exact) mass is 289 g/mol. The lowest BCUT2D eigenvalue weighted by Crippen LogP contribution is -1.90. The maximum absolute atomic E-state index is 11.9. The van der Waals surface area contributed by atoms with E-state index in [1.807, 2.05) is 48.7 Å². The van der Waals surface area contributed by atoms with Gasteiger partial charge in [-0.25, -0.2) is 0 Å². The summed E-state index contributed by atoms with van der Waals surface area (Å²) in [5.74, 6) is -0.291. The molecule has 0 spiro atoms. The van der Waals surface area contributed by atoms with E-state index in [0.29, 0.717) is 5.56 Å². The molecule has 108 valence electrons. The molecule has 0 aliphatic heterocycles. The molecule has 3 aromatic rings. The van der Waals surface area contributed by atoms with Gasteiger partial charge in [0.05, 0.1) is 0 Å². The number of benzene rings is 2. The summed E-state index contributed by atoms with van der Waals surface area (Å²) in [6, 6.07) is 16.9. The highest BCUT2D eigenvalue weighted by atomic mass is 16.3. The van der Waals surface area contributed by atoms with Crippen molar-refractivity contribution in [1.29, 1.82) is 0 Å². The summed E-state index contributed by atoms with van der Waals surface area (Å²) >= 11 is 0. The zero-order valence-corrected chi connectivity index (χ0v) is 11.9. The van der Waals surface area contributed by atoms with E-state index in [0.717, 1.165) is 16.5 Å². The number of hydrogen-bond acceptors (Lipinski definition) is 2. The van der Waals surface area contributed by atoms with Crippen LogP contribution in [-0.4, -0.2) is 15.9 Å². The second-order valence-corrected chi connectivity index (χ2v) is 4.92. The van der Waals surface area contributed by atoms with E-state index >= 15 is 0 Å². The number of allylic oxidation sites excluding steroid dienone is 2. The van der Waals surface area contributed by atoms with E-state index in [2.05, 4.69) is 4.98 Å². The topological polar surface area (TPSA) is 53.1 Å². The molecule has 0 amide bonds. The van der Waals surface area contributed by atoms with Crippen molar-refractivity contribution in [2.45, 2.75) is 0 Å². The number of aromatic amines is 1. The minimum Gasteiger partial charge on any atom is -0.507 e. The Bertz CT molecular complexity index is 857. The minimum atomic E-state index is -0.258. The second kappa shape index (κ2) is 6.14. The molecule has 0 atom stereocenters. The highest BCUT2D eigenvalue weighted by Gasteiger charge is 2.02. The molecule has 0 saturated heterocycles. The molecule has 3 nitrogen and oxygen atoms in total.